The van der Waals surface area contributed by atoms with Gasteiger partial charge < -0.3 is 40.3 Å². The van der Waals surface area contributed by atoms with E-state index < -0.39 is 49.5 Å². The van der Waals surface area contributed by atoms with Gasteiger partial charge in [0.2, 0.25) is 5.91 Å². The lowest BCUT2D eigenvalue weighted by Crippen LogP contribution is -2.60. The Bertz CT molecular complexity index is 1350. The number of carbonyl (C=O) groups is 1. The minimum atomic E-state index is -1.57. The van der Waals surface area contributed by atoms with E-state index in [1.807, 2.05) is 6.08 Å². The molecule has 1 aliphatic heterocycles. The lowest BCUT2D eigenvalue weighted by Gasteiger charge is -2.40. The molecule has 378 valence electrons. The summed E-state index contributed by atoms with van der Waals surface area (Å²) in [6.07, 6.45) is 59.1. The van der Waals surface area contributed by atoms with Gasteiger partial charge in [-0.25, -0.2) is 0 Å². The molecule has 0 aliphatic carbocycles. The Morgan fingerprint density at radius 2 is 0.955 bits per heavy atom. The molecule has 0 saturated carbocycles. The van der Waals surface area contributed by atoms with Gasteiger partial charge in [-0.15, -0.1) is 0 Å². The third-order valence-corrected chi connectivity index (χ3v) is 11.9. The summed E-state index contributed by atoms with van der Waals surface area (Å²) in [5, 5.41) is 54.1. The molecule has 1 saturated heterocycles. The normalized spacial score (nSPS) is 20.6. The van der Waals surface area contributed by atoms with Gasteiger partial charge in [0.25, 0.3) is 0 Å². The molecule has 1 fully saturated rings. The van der Waals surface area contributed by atoms with Crippen molar-refractivity contribution in [2.45, 2.75) is 243 Å². The predicted molar refractivity (Wildman–Crippen MR) is 276 cm³/mol. The van der Waals surface area contributed by atoms with Crippen LogP contribution in [0.3, 0.4) is 0 Å². The fourth-order valence-electron chi connectivity index (χ4n) is 7.70. The molecular formula is C57H97NO8. The molecule has 66 heavy (non-hydrogen) atoms. The molecule has 6 N–H and O–H groups in total. The third kappa shape index (κ3) is 35.3. The summed E-state index contributed by atoms with van der Waals surface area (Å²) >= 11 is 0. The van der Waals surface area contributed by atoms with Crippen molar-refractivity contribution < 1.29 is 39.8 Å². The van der Waals surface area contributed by atoms with E-state index in [1.54, 1.807) is 6.08 Å². The number of aliphatic hydroxyl groups is 5. The highest BCUT2D eigenvalue weighted by Gasteiger charge is 2.44. The van der Waals surface area contributed by atoms with Crippen LogP contribution in [0.2, 0.25) is 0 Å². The molecule has 1 amide bonds. The number of amides is 1. The summed E-state index contributed by atoms with van der Waals surface area (Å²) in [6, 6.07) is -0.825. The Kier molecular flexibility index (Phi) is 42.5. The van der Waals surface area contributed by atoms with Crippen molar-refractivity contribution in [3.8, 4) is 0 Å². The molecule has 0 radical (unpaired) electrons. The Morgan fingerprint density at radius 3 is 1.45 bits per heavy atom. The number of ether oxygens (including phenoxy) is 2. The van der Waals surface area contributed by atoms with Gasteiger partial charge in [-0.2, -0.15) is 0 Å². The van der Waals surface area contributed by atoms with E-state index in [1.165, 1.54) is 103 Å². The Balaban J connectivity index is 2.14. The van der Waals surface area contributed by atoms with Gasteiger partial charge in [0.1, 0.15) is 24.4 Å². The zero-order valence-corrected chi connectivity index (χ0v) is 41.7. The molecule has 0 aromatic carbocycles. The number of rotatable bonds is 43. The molecule has 1 heterocycles. The van der Waals surface area contributed by atoms with E-state index in [0.29, 0.717) is 6.42 Å². The van der Waals surface area contributed by atoms with E-state index in [2.05, 4.69) is 104 Å². The largest absolute Gasteiger partial charge is 0.394 e. The van der Waals surface area contributed by atoms with Crippen LogP contribution in [0, 0.1) is 0 Å². The first-order valence-corrected chi connectivity index (χ1v) is 26.5. The fourth-order valence-corrected chi connectivity index (χ4v) is 7.70. The summed E-state index contributed by atoms with van der Waals surface area (Å²) in [7, 11) is 0. The Labute approximate surface area is 403 Å². The van der Waals surface area contributed by atoms with Crippen molar-refractivity contribution in [1.29, 1.82) is 0 Å². The summed E-state index contributed by atoms with van der Waals surface area (Å²) < 4.78 is 11.2. The minimum absolute atomic E-state index is 0.194. The van der Waals surface area contributed by atoms with Crippen LogP contribution in [-0.2, 0) is 14.3 Å². The lowest BCUT2D eigenvalue weighted by atomic mass is 9.99. The number of hydrogen-bond acceptors (Lipinski definition) is 8. The van der Waals surface area contributed by atoms with Crippen LogP contribution in [0.1, 0.15) is 200 Å². The van der Waals surface area contributed by atoms with Crippen molar-refractivity contribution in [3.05, 3.63) is 97.2 Å². The highest BCUT2D eigenvalue weighted by atomic mass is 16.7. The molecule has 0 spiro atoms. The van der Waals surface area contributed by atoms with Crippen molar-refractivity contribution in [2.24, 2.45) is 0 Å². The van der Waals surface area contributed by atoms with Gasteiger partial charge in [-0.3, -0.25) is 4.79 Å². The molecule has 0 aromatic rings. The summed E-state index contributed by atoms with van der Waals surface area (Å²) in [5.74, 6) is -0.194. The van der Waals surface area contributed by atoms with Crippen molar-refractivity contribution >= 4 is 5.91 Å². The van der Waals surface area contributed by atoms with E-state index in [0.717, 1.165) is 77.0 Å². The SMILES string of the molecule is CC/C=C\C/C=C\C/C=C\C/C=C\C/C=C\C/C=C\CCCCCCCCCCCCCCCCC(=O)NC(COC1OC(CO)C(O)C(O)C1O)C(O)/C=C/CC/C=C/CCCCCC. The molecule has 7 atom stereocenters. The number of carbonyl (C=O) groups excluding carboxylic acids is 1. The average Bonchev–Trinajstić information content (AvgIpc) is 3.32. The molecular weight excluding hydrogens is 827 g/mol. The minimum Gasteiger partial charge on any atom is -0.394 e. The lowest BCUT2D eigenvalue weighted by molar-refractivity contribution is -0.302. The van der Waals surface area contributed by atoms with E-state index in [-0.39, 0.29) is 12.5 Å². The number of unbranched alkanes of at least 4 members (excludes halogenated alkanes) is 19. The van der Waals surface area contributed by atoms with Gasteiger partial charge >= 0.3 is 0 Å². The quantitative estimate of drug-likeness (QED) is 0.0262. The van der Waals surface area contributed by atoms with Gasteiger partial charge in [0.15, 0.2) is 6.29 Å². The topological polar surface area (TPSA) is 149 Å². The van der Waals surface area contributed by atoms with Crippen LogP contribution in [-0.4, -0.2) is 87.5 Å². The average molecular weight is 924 g/mol. The fraction of sp³-hybridized carbons (Fsp3) is 0.702. The summed E-state index contributed by atoms with van der Waals surface area (Å²) in [4.78, 5) is 13.0. The van der Waals surface area contributed by atoms with E-state index in [9.17, 15) is 30.3 Å². The summed E-state index contributed by atoms with van der Waals surface area (Å²) in [6.45, 7) is 3.59. The second kappa shape index (κ2) is 45.9. The van der Waals surface area contributed by atoms with Gasteiger partial charge in [0, 0.05) is 6.42 Å². The van der Waals surface area contributed by atoms with Gasteiger partial charge in [0.05, 0.1) is 25.4 Å². The van der Waals surface area contributed by atoms with Crippen LogP contribution >= 0.6 is 0 Å². The molecule has 1 aliphatic rings. The molecule has 9 heteroatoms. The molecule has 0 aromatic heterocycles. The number of nitrogens with one attached hydrogen (secondary N) is 1. The number of aliphatic hydroxyl groups excluding tert-OH is 5. The summed E-state index contributed by atoms with van der Waals surface area (Å²) in [5.41, 5.74) is 0. The molecule has 0 bridgehead atoms. The smallest absolute Gasteiger partial charge is 0.220 e. The van der Waals surface area contributed by atoms with Gasteiger partial charge in [-0.1, -0.05) is 207 Å². The number of allylic oxidation sites excluding steroid dienone is 15. The molecule has 1 rings (SSSR count). The van der Waals surface area contributed by atoms with Crippen LogP contribution in [0.4, 0.5) is 0 Å². The van der Waals surface area contributed by atoms with Crippen LogP contribution < -0.4 is 5.32 Å². The zero-order chi connectivity index (χ0) is 48.0. The molecule has 9 nitrogen and oxygen atoms in total. The Hall–Kier alpha value is -2.89. The highest BCUT2D eigenvalue weighted by molar-refractivity contribution is 5.76. The zero-order valence-electron chi connectivity index (χ0n) is 41.7. The highest BCUT2D eigenvalue weighted by Crippen LogP contribution is 2.22. The van der Waals surface area contributed by atoms with Crippen molar-refractivity contribution in [1.82, 2.24) is 5.32 Å². The van der Waals surface area contributed by atoms with E-state index >= 15 is 0 Å². The predicted octanol–water partition coefficient (Wildman–Crippen LogP) is 12.5. The van der Waals surface area contributed by atoms with E-state index in [4.69, 9.17) is 9.47 Å². The van der Waals surface area contributed by atoms with Crippen molar-refractivity contribution in [3.63, 3.8) is 0 Å². The maximum Gasteiger partial charge on any atom is 0.220 e. The first-order chi connectivity index (χ1) is 32.3. The van der Waals surface area contributed by atoms with Crippen molar-refractivity contribution in [2.75, 3.05) is 13.2 Å². The maximum atomic E-state index is 13.0. The second-order valence-electron chi connectivity index (χ2n) is 17.9. The third-order valence-electron chi connectivity index (χ3n) is 11.9. The first-order valence-electron chi connectivity index (χ1n) is 26.5. The van der Waals surface area contributed by atoms with Crippen LogP contribution in [0.25, 0.3) is 0 Å². The van der Waals surface area contributed by atoms with Crippen LogP contribution in [0.5, 0.6) is 0 Å². The standard InChI is InChI=1S/C57H97NO8/c1-3-5-7-9-11-13-15-16-17-18-19-20-21-22-23-24-25-26-27-28-29-30-31-32-33-34-35-36-37-39-41-43-45-47-53(61)58-50(49-65-57-56(64)55(63)54(62)52(48-59)66-57)51(60)46-44-42-40-38-14-12-10-8-6-4-2/h5,7,11,13-14,16-17,19-20,22-23,25-26,38,44,46,50-52,54-57,59-60,62-64H,3-4,6,8-10,12,15,18,21,24,27-37,39-43,45,47-49H2,1-2H3,(H,58,61)/b7-5-,13-11-,17-16-,20-19-,23-22-,26-25-,38-14+,46-44+. The number of hydrogen-bond donors (Lipinski definition) is 6. The first kappa shape index (κ1) is 61.1. The Morgan fingerprint density at radius 1 is 0.530 bits per heavy atom. The maximum absolute atomic E-state index is 13.0. The molecule has 7 unspecified atom stereocenters. The second-order valence-corrected chi connectivity index (χ2v) is 17.9. The monoisotopic (exact) mass is 924 g/mol. The van der Waals surface area contributed by atoms with Gasteiger partial charge in [-0.05, 0) is 83.5 Å². The van der Waals surface area contributed by atoms with Crippen LogP contribution in [0.15, 0.2) is 97.2 Å².